The molecule has 3 rings (SSSR count). The van der Waals surface area contributed by atoms with Crippen molar-refractivity contribution in [2.75, 3.05) is 7.05 Å². The Balaban J connectivity index is 1.92. The van der Waals surface area contributed by atoms with E-state index < -0.39 is 17.6 Å². The summed E-state index contributed by atoms with van der Waals surface area (Å²) in [5.41, 5.74) is 1.31. The fraction of sp³-hybridized carbons (Fsp3) is 0.429. The smallest absolute Gasteiger partial charge is 0.343 e. The topological polar surface area (TPSA) is 33.2 Å². The molecule has 0 saturated heterocycles. The molecule has 0 radical (unpaired) electrons. The Labute approximate surface area is 161 Å². The number of alkyl halides is 3. The number of amides is 1. The van der Waals surface area contributed by atoms with Crippen molar-refractivity contribution in [3.8, 4) is 11.1 Å². The summed E-state index contributed by atoms with van der Waals surface area (Å²) in [5, 5.41) is 0. The molecule has 1 aliphatic carbocycles. The van der Waals surface area contributed by atoms with Crippen molar-refractivity contribution >= 4 is 5.91 Å². The van der Waals surface area contributed by atoms with Crippen LogP contribution in [0.3, 0.4) is 0 Å². The summed E-state index contributed by atoms with van der Waals surface area (Å²) in [6, 6.07) is 2.65. The van der Waals surface area contributed by atoms with E-state index in [1.54, 1.807) is 18.1 Å². The Morgan fingerprint density at radius 2 is 1.96 bits per heavy atom. The van der Waals surface area contributed by atoms with Gasteiger partial charge in [-0.1, -0.05) is 6.07 Å². The molecule has 150 valence electrons. The first-order chi connectivity index (χ1) is 13.1. The monoisotopic (exact) mass is 394 g/mol. The Morgan fingerprint density at radius 1 is 1.25 bits per heavy atom. The van der Waals surface area contributed by atoms with Gasteiger partial charge in [0.1, 0.15) is 5.82 Å². The van der Waals surface area contributed by atoms with E-state index in [1.807, 2.05) is 13.8 Å². The van der Waals surface area contributed by atoms with Gasteiger partial charge in [-0.2, -0.15) is 13.2 Å². The van der Waals surface area contributed by atoms with Crippen molar-refractivity contribution in [1.29, 1.82) is 0 Å². The summed E-state index contributed by atoms with van der Waals surface area (Å²) >= 11 is 0. The van der Waals surface area contributed by atoms with Crippen LogP contribution in [0.4, 0.5) is 17.6 Å². The van der Waals surface area contributed by atoms with Crippen LogP contribution in [0.15, 0.2) is 30.6 Å². The maximum absolute atomic E-state index is 14.4. The molecule has 0 bridgehead atoms. The molecule has 1 aliphatic rings. The van der Waals surface area contributed by atoms with Crippen LogP contribution >= 0.6 is 0 Å². The first kappa shape index (κ1) is 20.3. The van der Waals surface area contributed by atoms with Gasteiger partial charge in [-0.05, 0) is 55.9 Å². The molecule has 1 heterocycles. The SMILES string of the molecule is CC(C)N(C)C(=O)CC1CCc2c(-c3ccc(C(F)(F)F)cc3F)cncc21. The molecule has 1 aromatic heterocycles. The summed E-state index contributed by atoms with van der Waals surface area (Å²) in [5.74, 6) is -0.920. The minimum atomic E-state index is -4.59. The summed E-state index contributed by atoms with van der Waals surface area (Å²) in [6.07, 6.45) is 0.271. The number of nitrogens with zero attached hydrogens (tertiary/aromatic N) is 2. The van der Waals surface area contributed by atoms with Crippen LogP contribution < -0.4 is 0 Å². The molecule has 1 atom stereocenters. The van der Waals surface area contributed by atoms with Gasteiger partial charge in [0.2, 0.25) is 5.91 Å². The van der Waals surface area contributed by atoms with Gasteiger partial charge < -0.3 is 4.90 Å². The Bertz CT molecular complexity index is 892. The molecule has 1 amide bonds. The molecule has 0 aliphatic heterocycles. The van der Waals surface area contributed by atoms with Crippen LogP contribution in [-0.4, -0.2) is 28.9 Å². The molecular weight excluding hydrogens is 372 g/mol. The predicted molar refractivity (Wildman–Crippen MR) is 98.2 cm³/mol. The van der Waals surface area contributed by atoms with Gasteiger partial charge in [-0.15, -0.1) is 0 Å². The second-order valence-electron chi connectivity index (χ2n) is 7.49. The second kappa shape index (κ2) is 7.53. The number of halogens is 4. The van der Waals surface area contributed by atoms with Crippen molar-refractivity contribution in [3.63, 3.8) is 0 Å². The van der Waals surface area contributed by atoms with E-state index in [-0.39, 0.29) is 23.4 Å². The zero-order chi connectivity index (χ0) is 20.6. The van der Waals surface area contributed by atoms with E-state index in [0.717, 1.165) is 29.7 Å². The highest BCUT2D eigenvalue weighted by Gasteiger charge is 2.32. The van der Waals surface area contributed by atoms with Gasteiger partial charge in [0.15, 0.2) is 0 Å². The largest absolute Gasteiger partial charge is 0.416 e. The van der Waals surface area contributed by atoms with Crippen molar-refractivity contribution in [1.82, 2.24) is 9.88 Å². The highest BCUT2D eigenvalue weighted by Crippen LogP contribution is 2.41. The number of rotatable bonds is 4. The number of carbonyl (C=O) groups excluding carboxylic acids is 1. The van der Waals surface area contributed by atoms with Crippen LogP contribution in [0.25, 0.3) is 11.1 Å². The van der Waals surface area contributed by atoms with E-state index in [1.165, 1.54) is 6.20 Å². The summed E-state index contributed by atoms with van der Waals surface area (Å²) in [4.78, 5) is 18.3. The standard InChI is InChI=1S/C21H22F4N2O/c1-12(2)27(3)20(28)8-13-4-6-15-17(13)10-26-11-18(15)16-7-5-14(9-19(16)22)21(23,24)25/h5,7,9-13H,4,6,8H2,1-3H3. The highest BCUT2D eigenvalue weighted by atomic mass is 19.4. The first-order valence-corrected chi connectivity index (χ1v) is 9.19. The number of fused-ring (bicyclic) bond motifs is 1. The van der Waals surface area contributed by atoms with Gasteiger partial charge in [0, 0.05) is 43.0 Å². The van der Waals surface area contributed by atoms with Gasteiger partial charge >= 0.3 is 6.18 Å². The maximum Gasteiger partial charge on any atom is 0.416 e. The number of hydrogen-bond acceptors (Lipinski definition) is 2. The van der Waals surface area contributed by atoms with E-state index >= 15 is 0 Å². The minimum absolute atomic E-state index is 0.0198. The molecule has 7 heteroatoms. The van der Waals surface area contributed by atoms with Crippen molar-refractivity contribution in [2.45, 2.75) is 51.2 Å². The van der Waals surface area contributed by atoms with Gasteiger partial charge in [-0.25, -0.2) is 4.39 Å². The molecule has 28 heavy (non-hydrogen) atoms. The predicted octanol–water partition coefficient (Wildman–Crippen LogP) is 5.19. The molecule has 2 aromatic rings. The molecule has 1 unspecified atom stereocenters. The van der Waals surface area contributed by atoms with Gasteiger partial charge in [0.05, 0.1) is 5.56 Å². The van der Waals surface area contributed by atoms with E-state index in [4.69, 9.17) is 0 Å². The Kier molecular flexibility index (Phi) is 5.46. The molecule has 1 aromatic carbocycles. The van der Waals surface area contributed by atoms with Crippen LogP contribution in [0.1, 0.15) is 49.3 Å². The zero-order valence-corrected chi connectivity index (χ0v) is 16.0. The van der Waals surface area contributed by atoms with Gasteiger partial charge in [-0.3, -0.25) is 9.78 Å². The number of aromatic nitrogens is 1. The quantitative estimate of drug-likeness (QED) is 0.669. The molecule has 0 N–H and O–H groups in total. The zero-order valence-electron chi connectivity index (χ0n) is 16.0. The summed E-state index contributed by atoms with van der Waals surface area (Å²) in [7, 11) is 1.76. The normalized spacial score (nSPS) is 16.4. The minimum Gasteiger partial charge on any atom is -0.343 e. The number of carbonyl (C=O) groups is 1. The fourth-order valence-corrected chi connectivity index (χ4v) is 3.61. The van der Waals surface area contributed by atoms with Crippen molar-refractivity contribution in [2.24, 2.45) is 0 Å². The molecule has 0 saturated carbocycles. The Hall–Kier alpha value is -2.44. The molecule has 0 fully saturated rings. The third kappa shape index (κ3) is 3.88. The van der Waals surface area contributed by atoms with Crippen molar-refractivity contribution < 1.29 is 22.4 Å². The third-order valence-corrected chi connectivity index (χ3v) is 5.45. The maximum atomic E-state index is 14.4. The lowest BCUT2D eigenvalue weighted by atomic mass is 9.95. The van der Waals surface area contributed by atoms with Crippen LogP contribution in [-0.2, 0) is 17.4 Å². The average Bonchev–Trinajstić information content (AvgIpc) is 3.03. The third-order valence-electron chi connectivity index (χ3n) is 5.45. The lowest BCUT2D eigenvalue weighted by molar-refractivity contribution is -0.137. The van der Waals surface area contributed by atoms with Crippen LogP contribution in [0, 0.1) is 5.82 Å². The second-order valence-corrected chi connectivity index (χ2v) is 7.49. The number of benzene rings is 1. The molecular formula is C21H22F4N2O. The summed E-state index contributed by atoms with van der Waals surface area (Å²) < 4.78 is 52.9. The van der Waals surface area contributed by atoms with Crippen molar-refractivity contribution in [3.05, 3.63) is 53.1 Å². The van der Waals surface area contributed by atoms with E-state index in [2.05, 4.69) is 4.98 Å². The van der Waals surface area contributed by atoms with E-state index in [9.17, 15) is 22.4 Å². The van der Waals surface area contributed by atoms with Gasteiger partial charge in [0.25, 0.3) is 0 Å². The van der Waals surface area contributed by atoms with E-state index in [0.29, 0.717) is 24.5 Å². The number of pyridine rings is 1. The lowest BCUT2D eigenvalue weighted by Crippen LogP contribution is -2.33. The van der Waals surface area contributed by atoms with Crippen LogP contribution in [0.2, 0.25) is 0 Å². The summed E-state index contributed by atoms with van der Waals surface area (Å²) in [6.45, 7) is 3.88. The molecule has 0 spiro atoms. The highest BCUT2D eigenvalue weighted by molar-refractivity contribution is 5.78. The first-order valence-electron chi connectivity index (χ1n) is 9.19. The number of hydrogen-bond donors (Lipinski definition) is 0. The fourth-order valence-electron chi connectivity index (χ4n) is 3.61. The average molecular weight is 394 g/mol. The Morgan fingerprint density at radius 3 is 2.57 bits per heavy atom. The van der Waals surface area contributed by atoms with Crippen LogP contribution in [0.5, 0.6) is 0 Å². The lowest BCUT2D eigenvalue weighted by Gasteiger charge is -2.23. The molecule has 3 nitrogen and oxygen atoms in total.